The minimum absolute atomic E-state index is 0.147. The monoisotopic (exact) mass is 353 g/mol. The average Bonchev–Trinajstić information content (AvgIpc) is 2.50. The third kappa shape index (κ3) is 5.15. The highest BCUT2D eigenvalue weighted by molar-refractivity contribution is 7.99. The molecule has 0 atom stereocenters. The molecule has 0 saturated carbocycles. The first-order valence-corrected chi connectivity index (χ1v) is 8.49. The number of carbonyl (C=O) groups excluding carboxylic acids is 1. The van der Waals surface area contributed by atoms with Crippen molar-refractivity contribution in [1.29, 1.82) is 0 Å². The van der Waals surface area contributed by atoms with Crippen LogP contribution in [0.4, 0.5) is 10.1 Å². The summed E-state index contributed by atoms with van der Waals surface area (Å²) in [5.74, 6) is 0.938. The second kappa shape index (κ2) is 8.22. The fourth-order valence-electron chi connectivity index (χ4n) is 2.00. The van der Waals surface area contributed by atoms with Crippen LogP contribution in [0.15, 0.2) is 36.4 Å². The Bertz CT molecular complexity index is 709. The van der Waals surface area contributed by atoms with Crippen molar-refractivity contribution in [2.75, 3.05) is 18.2 Å². The van der Waals surface area contributed by atoms with E-state index in [1.807, 2.05) is 13.0 Å². The Labute approximate surface area is 144 Å². The second-order valence-electron chi connectivity index (χ2n) is 4.97. The summed E-state index contributed by atoms with van der Waals surface area (Å²) in [5.41, 5.74) is 2.30. The lowest BCUT2D eigenvalue weighted by Crippen LogP contribution is -2.15. The van der Waals surface area contributed by atoms with Gasteiger partial charge in [0.05, 0.1) is 18.6 Å². The molecule has 0 aliphatic carbocycles. The van der Waals surface area contributed by atoms with Gasteiger partial charge in [0.25, 0.3) is 0 Å². The van der Waals surface area contributed by atoms with E-state index in [0.29, 0.717) is 22.2 Å². The van der Waals surface area contributed by atoms with Crippen LogP contribution in [0.3, 0.4) is 0 Å². The number of ether oxygens (including phenoxy) is 1. The van der Waals surface area contributed by atoms with Crippen LogP contribution in [0, 0.1) is 12.7 Å². The molecule has 0 aromatic heterocycles. The Morgan fingerprint density at radius 2 is 2.13 bits per heavy atom. The molecule has 6 heteroatoms. The average molecular weight is 354 g/mol. The number of halogens is 2. The van der Waals surface area contributed by atoms with Gasteiger partial charge >= 0.3 is 0 Å². The van der Waals surface area contributed by atoms with Crippen LogP contribution in [-0.2, 0) is 10.5 Å². The zero-order chi connectivity index (χ0) is 16.8. The van der Waals surface area contributed by atoms with Crippen LogP contribution >= 0.6 is 23.4 Å². The van der Waals surface area contributed by atoms with Crippen molar-refractivity contribution in [1.82, 2.24) is 0 Å². The normalized spacial score (nSPS) is 10.4. The van der Waals surface area contributed by atoms with E-state index >= 15 is 0 Å². The molecule has 1 N–H and O–H groups in total. The van der Waals surface area contributed by atoms with Crippen LogP contribution in [0.1, 0.15) is 11.1 Å². The summed E-state index contributed by atoms with van der Waals surface area (Å²) in [6.07, 6.45) is 0. The standard InChI is InChI=1S/C17H17ClFNO2S/c1-11-6-15(16(22-2)8-14(11)18)20-17(21)10-23-9-12-4-3-5-13(19)7-12/h3-8H,9-10H2,1-2H3,(H,20,21). The van der Waals surface area contributed by atoms with Gasteiger partial charge in [0.1, 0.15) is 11.6 Å². The van der Waals surface area contributed by atoms with Crippen molar-refractivity contribution in [3.8, 4) is 5.75 Å². The molecule has 1 amide bonds. The molecule has 0 fully saturated rings. The molecule has 0 radical (unpaired) electrons. The molecule has 0 unspecified atom stereocenters. The van der Waals surface area contributed by atoms with Crippen molar-refractivity contribution in [2.45, 2.75) is 12.7 Å². The largest absolute Gasteiger partial charge is 0.495 e. The van der Waals surface area contributed by atoms with Crippen LogP contribution < -0.4 is 10.1 Å². The van der Waals surface area contributed by atoms with Crippen LogP contribution in [-0.4, -0.2) is 18.8 Å². The highest BCUT2D eigenvalue weighted by atomic mass is 35.5. The zero-order valence-electron chi connectivity index (χ0n) is 12.9. The number of anilines is 1. The summed E-state index contributed by atoms with van der Waals surface area (Å²) < 4.78 is 18.3. The molecular weight excluding hydrogens is 337 g/mol. The van der Waals surface area contributed by atoms with Gasteiger partial charge in [0.15, 0.2) is 0 Å². The number of benzene rings is 2. The summed E-state index contributed by atoms with van der Waals surface area (Å²) in [7, 11) is 1.52. The van der Waals surface area contributed by atoms with E-state index in [2.05, 4.69) is 5.32 Å². The number of nitrogens with one attached hydrogen (secondary N) is 1. The first-order valence-electron chi connectivity index (χ1n) is 6.95. The van der Waals surface area contributed by atoms with Gasteiger partial charge in [0, 0.05) is 16.8 Å². The Hall–Kier alpha value is -1.72. The van der Waals surface area contributed by atoms with Crippen molar-refractivity contribution >= 4 is 35.0 Å². The topological polar surface area (TPSA) is 38.3 Å². The molecule has 2 aromatic rings. The van der Waals surface area contributed by atoms with E-state index in [1.165, 1.54) is 31.0 Å². The maximum atomic E-state index is 13.1. The molecule has 23 heavy (non-hydrogen) atoms. The van der Waals surface area contributed by atoms with E-state index < -0.39 is 0 Å². The molecular formula is C17H17ClFNO2S. The van der Waals surface area contributed by atoms with Crippen LogP contribution in [0.25, 0.3) is 0 Å². The minimum Gasteiger partial charge on any atom is -0.495 e. The van der Waals surface area contributed by atoms with Crippen molar-refractivity contribution in [3.05, 3.63) is 58.4 Å². The Morgan fingerprint density at radius 3 is 2.83 bits per heavy atom. The minimum atomic E-state index is -0.270. The SMILES string of the molecule is COc1cc(Cl)c(C)cc1NC(=O)CSCc1cccc(F)c1. The molecule has 2 aromatic carbocycles. The maximum absolute atomic E-state index is 13.1. The third-order valence-corrected chi connectivity index (χ3v) is 4.56. The van der Waals surface area contributed by atoms with E-state index in [1.54, 1.807) is 18.2 Å². The predicted octanol–water partition coefficient (Wildman–Crippen LogP) is 4.67. The smallest absolute Gasteiger partial charge is 0.234 e. The number of thioether (sulfide) groups is 1. The van der Waals surface area contributed by atoms with E-state index in [0.717, 1.165) is 11.1 Å². The van der Waals surface area contributed by atoms with Gasteiger partial charge in [0.2, 0.25) is 5.91 Å². The summed E-state index contributed by atoms with van der Waals surface area (Å²) >= 11 is 7.46. The molecule has 0 saturated heterocycles. The summed E-state index contributed by atoms with van der Waals surface area (Å²) in [5, 5.41) is 3.39. The number of rotatable bonds is 6. The predicted molar refractivity (Wildman–Crippen MR) is 93.9 cm³/mol. The maximum Gasteiger partial charge on any atom is 0.234 e. The first kappa shape index (κ1) is 17.6. The molecule has 122 valence electrons. The lowest BCUT2D eigenvalue weighted by molar-refractivity contribution is -0.113. The highest BCUT2D eigenvalue weighted by Gasteiger charge is 2.10. The van der Waals surface area contributed by atoms with Gasteiger partial charge in [-0.1, -0.05) is 23.7 Å². The van der Waals surface area contributed by atoms with Crippen molar-refractivity contribution in [3.63, 3.8) is 0 Å². The van der Waals surface area contributed by atoms with Crippen LogP contribution in [0.2, 0.25) is 5.02 Å². The molecule has 2 rings (SSSR count). The zero-order valence-corrected chi connectivity index (χ0v) is 14.4. The first-order chi connectivity index (χ1) is 11.0. The highest BCUT2D eigenvalue weighted by Crippen LogP contribution is 2.31. The Balaban J connectivity index is 1.91. The Kier molecular flexibility index (Phi) is 6.30. The van der Waals surface area contributed by atoms with Crippen molar-refractivity contribution < 1.29 is 13.9 Å². The number of hydrogen-bond acceptors (Lipinski definition) is 3. The van der Waals surface area contributed by atoms with Gasteiger partial charge in [-0.05, 0) is 36.2 Å². The molecule has 0 heterocycles. The molecule has 0 aliphatic heterocycles. The molecule has 0 aliphatic rings. The summed E-state index contributed by atoms with van der Waals surface area (Å²) in [6, 6.07) is 9.81. The fourth-order valence-corrected chi connectivity index (χ4v) is 2.93. The second-order valence-corrected chi connectivity index (χ2v) is 6.37. The van der Waals surface area contributed by atoms with Crippen LogP contribution in [0.5, 0.6) is 5.75 Å². The van der Waals surface area contributed by atoms with E-state index in [4.69, 9.17) is 16.3 Å². The van der Waals surface area contributed by atoms with Gasteiger partial charge in [-0.15, -0.1) is 11.8 Å². The molecule has 0 bridgehead atoms. The quantitative estimate of drug-likeness (QED) is 0.820. The lowest BCUT2D eigenvalue weighted by Gasteiger charge is -2.12. The molecule has 3 nitrogen and oxygen atoms in total. The Morgan fingerprint density at radius 1 is 1.35 bits per heavy atom. The van der Waals surface area contributed by atoms with Gasteiger partial charge < -0.3 is 10.1 Å². The summed E-state index contributed by atoms with van der Waals surface area (Å²) in [6.45, 7) is 1.86. The summed E-state index contributed by atoms with van der Waals surface area (Å²) in [4.78, 5) is 12.0. The third-order valence-electron chi connectivity index (χ3n) is 3.15. The van der Waals surface area contributed by atoms with Gasteiger partial charge in [-0.25, -0.2) is 4.39 Å². The number of hydrogen-bond donors (Lipinski definition) is 1. The fraction of sp³-hybridized carbons (Fsp3) is 0.235. The van der Waals surface area contributed by atoms with E-state index in [9.17, 15) is 9.18 Å². The van der Waals surface area contributed by atoms with Crippen molar-refractivity contribution in [2.24, 2.45) is 0 Å². The van der Waals surface area contributed by atoms with Gasteiger partial charge in [-0.3, -0.25) is 4.79 Å². The lowest BCUT2D eigenvalue weighted by atomic mass is 10.2. The van der Waals surface area contributed by atoms with E-state index in [-0.39, 0.29) is 17.5 Å². The van der Waals surface area contributed by atoms with Gasteiger partial charge in [-0.2, -0.15) is 0 Å². The molecule has 0 spiro atoms. The number of amides is 1. The number of aryl methyl sites for hydroxylation is 1. The number of methoxy groups -OCH3 is 1. The number of carbonyl (C=O) groups is 1.